The van der Waals surface area contributed by atoms with Crippen molar-refractivity contribution in [2.75, 3.05) is 0 Å². The molecule has 0 spiro atoms. The Morgan fingerprint density at radius 1 is 1.67 bits per heavy atom. The van der Waals surface area contributed by atoms with E-state index in [1.807, 2.05) is 0 Å². The molecule has 0 amide bonds. The third-order valence-electron chi connectivity index (χ3n) is 1.20. The molecule has 0 bridgehead atoms. The number of hydrogen-bond donors (Lipinski definition) is 1. The highest BCUT2D eigenvalue weighted by Crippen LogP contribution is 2.06. The summed E-state index contributed by atoms with van der Waals surface area (Å²) < 4.78 is 29.0. The summed E-state index contributed by atoms with van der Waals surface area (Å²) in [5.74, 6) is 0. The van der Waals surface area contributed by atoms with E-state index in [1.54, 1.807) is 6.92 Å². The minimum Gasteiger partial charge on any atom is -0.285 e. The van der Waals surface area contributed by atoms with E-state index in [0.717, 1.165) is 0 Å². The van der Waals surface area contributed by atoms with Crippen molar-refractivity contribution in [1.82, 2.24) is 0 Å². The van der Waals surface area contributed by atoms with Crippen LogP contribution < -0.4 is 0 Å². The topological polar surface area (TPSA) is 54.4 Å². The van der Waals surface area contributed by atoms with Crippen LogP contribution in [-0.4, -0.2) is 18.2 Å². The molecular formula is C5H11O3S. The Bertz CT molecular complexity index is 155. The first-order valence-electron chi connectivity index (χ1n) is 2.78. The maximum Gasteiger partial charge on any atom is 0.267 e. The van der Waals surface area contributed by atoms with Gasteiger partial charge in [0.1, 0.15) is 0 Å². The van der Waals surface area contributed by atoms with Gasteiger partial charge in [0.05, 0.1) is 5.25 Å². The predicted molar refractivity (Wildman–Crippen MR) is 35.6 cm³/mol. The third-order valence-corrected chi connectivity index (χ3v) is 2.61. The van der Waals surface area contributed by atoms with Gasteiger partial charge < -0.3 is 0 Å². The van der Waals surface area contributed by atoms with E-state index in [4.69, 9.17) is 4.55 Å². The zero-order valence-corrected chi connectivity index (χ0v) is 6.19. The average Bonchev–Trinajstić information content (AvgIpc) is 1.65. The Kier molecular flexibility index (Phi) is 3.14. The Hall–Kier alpha value is -0.0900. The largest absolute Gasteiger partial charge is 0.285 e. The minimum atomic E-state index is -3.83. The van der Waals surface area contributed by atoms with Crippen LogP contribution in [0.1, 0.15) is 19.8 Å². The molecule has 0 aliphatic rings. The van der Waals surface area contributed by atoms with Gasteiger partial charge >= 0.3 is 0 Å². The fourth-order valence-corrected chi connectivity index (χ4v) is 1.28. The number of rotatable bonds is 3. The van der Waals surface area contributed by atoms with Gasteiger partial charge in [-0.05, 0) is 12.8 Å². The summed E-state index contributed by atoms with van der Waals surface area (Å²) in [4.78, 5) is 0. The molecule has 4 heteroatoms. The van der Waals surface area contributed by atoms with E-state index in [0.29, 0.717) is 6.42 Å². The van der Waals surface area contributed by atoms with Crippen LogP contribution in [0.4, 0.5) is 0 Å². The van der Waals surface area contributed by atoms with Crippen molar-refractivity contribution in [3.05, 3.63) is 6.92 Å². The molecule has 0 saturated heterocycles. The lowest BCUT2D eigenvalue weighted by Crippen LogP contribution is -2.17. The molecule has 0 aromatic rings. The lowest BCUT2D eigenvalue weighted by atomic mass is 10.3. The van der Waals surface area contributed by atoms with Crippen LogP contribution in [0.15, 0.2) is 0 Å². The van der Waals surface area contributed by atoms with Gasteiger partial charge in [0.15, 0.2) is 0 Å². The van der Waals surface area contributed by atoms with Crippen molar-refractivity contribution in [2.24, 2.45) is 0 Å². The summed E-state index contributed by atoms with van der Waals surface area (Å²) in [5.41, 5.74) is 0. The van der Waals surface area contributed by atoms with Crippen molar-refractivity contribution in [1.29, 1.82) is 0 Å². The normalized spacial score (nSPS) is 12.4. The molecule has 1 unspecified atom stereocenters. The molecule has 3 nitrogen and oxygen atoms in total. The van der Waals surface area contributed by atoms with E-state index in [-0.39, 0.29) is 6.42 Å². The first-order valence-corrected chi connectivity index (χ1v) is 4.28. The van der Waals surface area contributed by atoms with Gasteiger partial charge in [0.2, 0.25) is 0 Å². The minimum absolute atomic E-state index is 0.231. The quantitative estimate of drug-likeness (QED) is 0.609. The van der Waals surface area contributed by atoms with Crippen LogP contribution in [0.3, 0.4) is 0 Å². The van der Waals surface area contributed by atoms with Crippen molar-refractivity contribution >= 4 is 10.1 Å². The maximum absolute atomic E-state index is 10.3. The molecule has 0 aromatic heterocycles. The van der Waals surface area contributed by atoms with E-state index in [1.165, 1.54) is 0 Å². The van der Waals surface area contributed by atoms with Crippen LogP contribution in [0.25, 0.3) is 0 Å². The van der Waals surface area contributed by atoms with Crippen molar-refractivity contribution in [3.8, 4) is 0 Å². The molecule has 0 rings (SSSR count). The van der Waals surface area contributed by atoms with Gasteiger partial charge in [-0.3, -0.25) is 4.55 Å². The van der Waals surface area contributed by atoms with Crippen LogP contribution in [0, 0.1) is 6.92 Å². The van der Waals surface area contributed by atoms with E-state index in [2.05, 4.69) is 6.92 Å². The Balaban J connectivity index is 4.14. The standard InChI is InChI=1S/C5H11O3S/c1-3-5(4-2)9(6,7)8/h5H,1,3-4H2,2H3,(H,6,7,8). The SMILES string of the molecule is [CH2]CC(CC)S(=O)(=O)O. The average molecular weight is 151 g/mol. The fourth-order valence-electron chi connectivity index (χ4n) is 0.564. The van der Waals surface area contributed by atoms with Gasteiger partial charge in [0.25, 0.3) is 10.1 Å². The first-order chi connectivity index (χ1) is 4.02. The molecule has 0 aliphatic heterocycles. The molecule has 55 valence electrons. The molecule has 9 heavy (non-hydrogen) atoms. The second kappa shape index (κ2) is 3.17. The molecule has 0 aromatic carbocycles. The lowest BCUT2D eigenvalue weighted by Gasteiger charge is -2.05. The van der Waals surface area contributed by atoms with Gasteiger partial charge in [-0.15, -0.1) is 0 Å². The fraction of sp³-hybridized carbons (Fsp3) is 0.800. The lowest BCUT2D eigenvalue weighted by molar-refractivity contribution is 0.464. The highest BCUT2D eigenvalue weighted by atomic mass is 32.2. The smallest absolute Gasteiger partial charge is 0.267 e. The maximum atomic E-state index is 10.3. The van der Waals surface area contributed by atoms with Crippen molar-refractivity contribution in [3.63, 3.8) is 0 Å². The molecule has 0 saturated carbocycles. The predicted octanol–water partition coefficient (Wildman–Crippen LogP) is 0.877. The summed E-state index contributed by atoms with van der Waals surface area (Å²) in [6.07, 6.45) is 0.650. The zero-order valence-electron chi connectivity index (χ0n) is 5.37. The molecule has 0 fully saturated rings. The molecule has 1 radical (unpaired) electrons. The summed E-state index contributed by atoms with van der Waals surface area (Å²) >= 11 is 0. The zero-order chi connectivity index (χ0) is 7.49. The van der Waals surface area contributed by atoms with Crippen LogP contribution in [0.2, 0.25) is 0 Å². The van der Waals surface area contributed by atoms with E-state index < -0.39 is 15.4 Å². The highest BCUT2D eigenvalue weighted by Gasteiger charge is 2.17. The van der Waals surface area contributed by atoms with Gasteiger partial charge in [-0.1, -0.05) is 13.8 Å². The second-order valence-electron chi connectivity index (χ2n) is 1.83. The molecule has 0 heterocycles. The second-order valence-corrected chi connectivity index (χ2v) is 3.53. The van der Waals surface area contributed by atoms with Crippen molar-refractivity contribution in [2.45, 2.75) is 25.0 Å². The molecule has 1 N–H and O–H groups in total. The van der Waals surface area contributed by atoms with E-state index >= 15 is 0 Å². The van der Waals surface area contributed by atoms with Gasteiger partial charge in [-0.2, -0.15) is 8.42 Å². The first kappa shape index (κ1) is 8.91. The molecule has 1 atom stereocenters. The van der Waals surface area contributed by atoms with Crippen LogP contribution in [0.5, 0.6) is 0 Å². The van der Waals surface area contributed by atoms with Crippen LogP contribution >= 0.6 is 0 Å². The Labute approximate surface area is 55.8 Å². The monoisotopic (exact) mass is 151 g/mol. The van der Waals surface area contributed by atoms with E-state index in [9.17, 15) is 8.42 Å². The summed E-state index contributed by atoms with van der Waals surface area (Å²) in [7, 11) is -3.83. The Morgan fingerprint density at radius 2 is 2.11 bits per heavy atom. The molecular weight excluding hydrogens is 140 g/mol. The summed E-state index contributed by atoms with van der Waals surface area (Å²) in [6.45, 7) is 5.08. The Morgan fingerprint density at radius 3 is 2.11 bits per heavy atom. The summed E-state index contributed by atoms with van der Waals surface area (Å²) in [5, 5.41) is -0.683. The third kappa shape index (κ3) is 2.81. The number of hydrogen-bond acceptors (Lipinski definition) is 2. The van der Waals surface area contributed by atoms with Gasteiger partial charge in [-0.25, -0.2) is 0 Å². The van der Waals surface area contributed by atoms with Gasteiger partial charge in [0, 0.05) is 0 Å². The van der Waals surface area contributed by atoms with Crippen LogP contribution in [-0.2, 0) is 10.1 Å². The highest BCUT2D eigenvalue weighted by molar-refractivity contribution is 7.86. The van der Waals surface area contributed by atoms with Crippen molar-refractivity contribution < 1.29 is 13.0 Å². The molecule has 0 aliphatic carbocycles. The summed E-state index contributed by atoms with van der Waals surface area (Å²) in [6, 6.07) is 0.